The topological polar surface area (TPSA) is 17.1 Å². The van der Waals surface area contributed by atoms with E-state index in [2.05, 4.69) is 6.92 Å². The maximum absolute atomic E-state index is 10.9. The Bertz CT molecular complexity index is 124. The number of ketones is 1. The van der Waals surface area contributed by atoms with Gasteiger partial charge in [-0.3, -0.25) is 4.79 Å². The lowest BCUT2D eigenvalue weighted by molar-refractivity contribution is -0.115. The molecule has 1 aliphatic rings. The number of rotatable bonds is 0. The second kappa shape index (κ2) is 2.97. The van der Waals surface area contributed by atoms with Gasteiger partial charge in [0.1, 0.15) is 0 Å². The Labute approximate surface area is 64.0 Å². The summed E-state index contributed by atoms with van der Waals surface area (Å²) in [5.41, 5.74) is 0. The molecule has 1 aliphatic heterocycles. The Morgan fingerprint density at radius 1 is 1.56 bits per heavy atom. The Morgan fingerprint density at radius 3 is 2.67 bits per heavy atom. The molecule has 0 aromatic carbocycles. The molecular weight excluding hydrogens is 152 g/mol. The minimum Gasteiger partial charge on any atom is -0.298 e. The summed E-state index contributed by atoms with van der Waals surface area (Å²) in [6.45, 7) is 4.14. The molecule has 0 aromatic rings. The fraction of sp³-hybridized carbons (Fsp3) is 0.833. The van der Waals surface area contributed by atoms with Crippen molar-refractivity contribution < 1.29 is 4.79 Å². The molecule has 1 heterocycles. The third kappa shape index (κ3) is 1.90. The first-order valence-electron chi connectivity index (χ1n) is 3.00. The van der Waals surface area contributed by atoms with Crippen molar-refractivity contribution in [3.63, 3.8) is 0 Å². The molecule has 0 radical (unpaired) electrons. The number of Topliss-reactive ketones (excluding diaryl/α,β-unsaturated/α-hetero) is 1. The molecule has 1 saturated heterocycles. The lowest BCUT2D eigenvalue weighted by Gasteiger charge is -2.21. The maximum atomic E-state index is 10.9. The van der Waals surface area contributed by atoms with Crippen LogP contribution in [0.3, 0.4) is 0 Å². The second-order valence-corrected chi connectivity index (χ2v) is 5.44. The zero-order chi connectivity index (χ0) is 6.85. The largest absolute Gasteiger partial charge is 0.298 e. The molecule has 1 nitrogen and oxygen atoms in total. The van der Waals surface area contributed by atoms with Gasteiger partial charge in [-0.15, -0.1) is 23.5 Å². The summed E-state index contributed by atoms with van der Waals surface area (Å²) in [5, 5.41) is 0.237. The highest BCUT2D eigenvalue weighted by Crippen LogP contribution is 2.32. The van der Waals surface area contributed by atoms with E-state index in [9.17, 15) is 4.79 Å². The van der Waals surface area contributed by atoms with Gasteiger partial charge in [0.25, 0.3) is 0 Å². The molecule has 0 spiro atoms. The average Bonchev–Trinajstić information content (AvgIpc) is 1.80. The average molecular weight is 162 g/mol. The molecule has 0 amide bonds. The van der Waals surface area contributed by atoms with Crippen molar-refractivity contribution >= 4 is 29.3 Å². The molecule has 52 valence electrons. The molecule has 0 bridgehead atoms. The lowest BCUT2D eigenvalue weighted by Crippen LogP contribution is -2.23. The minimum absolute atomic E-state index is 0.237. The van der Waals surface area contributed by atoms with Crippen LogP contribution in [-0.2, 0) is 4.79 Å². The smallest absolute Gasteiger partial charge is 0.155 e. The highest BCUT2D eigenvalue weighted by Gasteiger charge is 2.22. The molecule has 2 unspecified atom stereocenters. The van der Waals surface area contributed by atoms with Gasteiger partial charge in [-0.05, 0) is 13.8 Å². The highest BCUT2D eigenvalue weighted by molar-refractivity contribution is 8.18. The van der Waals surface area contributed by atoms with Crippen LogP contribution in [-0.4, -0.2) is 21.4 Å². The van der Waals surface area contributed by atoms with Crippen LogP contribution in [0.4, 0.5) is 0 Å². The van der Waals surface area contributed by atoms with Crippen LogP contribution in [0.25, 0.3) is 0 Å². The Balaban J connectivity index is 2.44. The van der Waals surface area contributed by atoms with Crippen molar-refractivity contribution in [3.8, 4) is 0 Å². The molecule has 1 fully saturated rings. The molecular formula is C6H10OS2. The Hall–Kier alpha value is 0.370. The monoisotopic (exact) mass is 162 g/mol. The van der Waals surface area contributed by atoms with Gasteiger partial charge in [-0.2, -0.15) is 0 Å². The normalized spacial score (nSPS) is 36.9. The summed E-state index contributed by atoms with van der Waals surface area (Å²) in [5.74, 6) is 1.11. The van der Waals surface area contributed by atoms with Gasteiger partial charge in [0.2, 0.25) is 0 Å². The molecule has 0 aromatic heterocycles. The van der Waals surface area contributed by atoms with E-state index in [1.54, 1.807) is 23.5 Å². The SMILES string of the molecule is CC1SCC(=O)C(C)S1. The van der Waals surface area contributed by atoms with Crippen LogP contribution in [0, 0.1) is 0 Å². The summed E-state index contributed by atoms with van der Waals surface area (Å²) in [6, 6.07) is 0. The molecule has 9 heavy (non-hydrogen) atoms. The van der Waals surface area contributed by atoms with Gasteiger partial charge >= 0.3 is 0 Å². The van der Waals surface area contributed by atoms with Gasteiger partial charge in [-0.1, -0.05) is 0 Å². The third-order valence-electron chi connectivity index (χ3n) is 1.31. The van der Waals surface area contributed by atoms with E-state index < -0.39 is 0 Å². The number of thioether (sulfide) groups is 2. The Kier molecular flexibility index (Phi) is 2.47. The van der Waals surface area contributed by atoms with Gasteiger partial charge in [0, 0.05) is 4.58 Å². The zero-order valence-corrected chi connectivity index (χ0v) is 7.22. The van der Waals surface area contributed by atoms with Crippen molar-refractivity contribution in [3.05, 3.63) is 0 Å². The lowest BCUT2D eigenvalue weighted by atomic mass is 10.3. The van der Waals surface area contributed by atoms with Crippen molar-refractivity contribution in [2.75, 3.05) is 5.75 Å². The van der Waals surface area contributed by atoms with E-state index in [4.69, 9.17) is 0 Å². The maximum Gasteiger partial charge on any atom is 0.155 e. The quantitative estimate of drug-likeness (QED) is 0.540. The predicted octanol–water partition coefficient (Wildman–Crippen LogP) is 1.77. The third-order valence-corrected chi connectivity index (χ3v) is 4.03. The first kappa shape index (κ1) is 7.48. The van der Waals surface area contributed by atoms with Gasteiger partial charge in [0.05, 0.1) is 11.0 Å². The van der Waals surface area contributed by atoms with Crippen molar-refractivity contribution in [1.29, 1.82) is 0 Å². The van der Waals surface area contributed by atoms with E-state index in [1.165, 1.54) is 0 Å². The predicted molar refractivity (Wildman–Crippen MR) is 44.0 cm³/mol. The fourth-order valence-electron chi connectivity index (χ4n) is 0.719. The first-order chi connectivity index (χ1) is 4.20. The van der Waals surface area contributed by atoms with Gasteiger partial charge < -0.3 is 0 Å². The molecule has 1 rings (SSSR count). The Morgan fingerprint density at radius 2 is 2.22 bits per heavy atom. The van der Waals surface area contributed by atoms with Crippen LogP contribution in [0.5, 0.6) is 0 Å². The number of carbonyl (C=O) groups excluding carboxylic acids is 1. The number of hydrogen-bond acceptors (Lipinski definition) is 3. The minimum atomic E-state index is 0.237. The van der Waals surface area contributed by atoms with E-state index in [1.807, 2.05) is 6.92 Å². The zero-order valence-electron chi connectivity index (χ0n) is 5.59. The van der Waals surface area contributed by atoms with Gasteiger partial charge in [-0.25, -0.2) is 0 Å². The number of carbonyl (C=O) groups is 1. The first-order valence-corrected chi connectivity index (χ1v) is 4.99. The molecule has 0 N–H and O–H groups in total. The van der Waals surface area contributed by atoms with Crippen LogP contribution in [0.2, 0.25) is 0 Å². The van der Waals surface area contributed by atoms with Crippen molar-refractivity contribution in [2.24, 2.45) is 0 Å². The summed E-state index contributed by atoms with van der Waals surface area (Å²) in [4.78, 5) is 10.9. The van der Waals surface area contributed by atoms with E-state index >= 15 is 0 Å². The van der Waals surface area contributed by atoms with E-state index in [-0.39, 0.29) is 5.25 Å². The summed E-state index contributed by atoms with van der Waals surface area (Å²) < 4.78 is 0.609. The van der Waals surface area contributed by atoms with E-state index in [0.29, 0.717) is 10.4 Å². The van der Waals surface area contributed by atoms with Crippen molar-refractivity contribution in [2.45, 2.75) is 23.7 Å². The van der Waals surface area contributed by atoms with Crippen LogP contribution in [0.1, 0.15) is 13.8 Å². The molecule has 2 atom stereocenters. The van der Waals surface area contributed by atoms with Gasteiger partial charge in [0.15, 0.2) is 5.78 Å². The molecule has 0 aliphatic carbocycles. The molecule has 3 heteroatoms. The van der Waals surface area contributed by atoms with Crippen LogP contribution >= 0.6 is 23.5 Å². The van der Waals surface area contributed by atoms with Crippen LogP contribution in [0.15, 0.2) is 0 Å². The van der Waals surface area contributed by atoms with Crippen LogP contribution < -0.4 is 0 Å². The standard InChI is InChI=1S/C6H10OS2/c1-4-6(7)3-8-5(2)9-4/h4-5H,3H2,1-2H3. The van der Waals surface area contributed by atoms with E-state index in [0.717, 1.165) is 5.75 Å². The number of hydrogen-bond donors (Lipinski definition) is 0. The fourth-order valence-corrected chi connectivity index (χ4v) is 3.30. The highest BCUT2D eigenvalue weighted by atomic mass is 32.2. The second-order valence-electron chi connectivity index (χ2n) is 2.12. The summed E-state index contributed by atoms with van der Waals surface area (Å²) in [7, 11) is 0. The summed E-state index contributed by atoms with van der Waals surface area (Å²) >= 11 is 3.51. The molecule has 0 saturated carbocycles. The van der Waals surface area contributed by atoms with Crippen molar-refractivity contribution in [1.82, 2.24) is 0 Å². The summed E-state index contributed by atoms with van der Waals surface area (Å²) in [6.07, 6.45) is 0.